The molecular weight excluding hydrogens is 308 g/mol. The van der Waals surface area contributed by atoms with Gasteiger partial charge in [0.1, 0.15) is 6.61 Å². The second kappa shape index (κ2) is 8.58. The summed E-state index contributed by atoms with van der Waals surface area (Å²) in [5.41, 5.74) is 1.07. The molecule has 1 aromatic rings. The number of aliphatic hydroxyl groups is 1. The topological polar surface area (TPSA) is 71.0 Å². The van der Waals surface area contributed by atoms with Gasteiger partial charge in [-0.15, -0.1) is 0 Å². The van der Waals surface area contributed by atoms with Crippen molar-refractivity contribution in [3.63, 3.8) is 0 Å². The zero-order valence-corrected chi connectivity index (χ0v) is 13.9. The van der Waals surface area contributed by atoms with Gasteiger partial charge in [0.25, 0.3) is 0 Å². The van der Waals surface area contributed by atoms with E-state index in [1.54, 1.807) is 0 Å². The third-order valence-electron chi connectivity index (χ3n) is 4.65. The molecule has 1 amide bonds. The van der Waals surface area contributed by atoms with Crippen molar-refractivity contribution < 1.29 is 19.4 Å². The quantitative estimate of drug-likeness (QED) is 0.762. The zero-order chi connectivity index (χ0) is 16.8. The highest BCUT2D eigenvalue weighted by Gasteiger charge is 2.37. The van der Waals surface area contributed by atoms with Crippen LogP contribution in [0.1, 0.15) is 18.4 Å². The van der Waals surface area contributed by atoms with Gasteiger partial charge in [-0.3, -0.25) is 9.69 Å². The molecule has 6 heteroatoms. The van der Waals surface area contributed by atoms with Crippen molar-refractivity contribution in [2.75, 3.05) is 32.9 Å². The summed E-state index contributed by atoms with van der Waals surface area (Å²) in [7, 11) is 0. The van der Waals surface area contributed by atoms with Crippen LogP contribution in [0.3, 0.4) is 0 Å². The second-order valence-corrected chi connectivity index (χ2v) is 6.55. The van der Waals surface area contributed by atoms with Crippen molar-refractivity contribution in [3.8, 4) is 0 Å². The van der Waals surface area contributed by atoms with Gasteiger partial charge >= 0.3 is 0 Å². The van der Waals surface area contributed by atoms with Crippen LogP contribution in [-0.2, 0) is 20.9 Å². The van der Waals surface area contributed by atoms with Gasteiger partial charge in [0, 0.05) is 31.8 Å². The highest BCUT2D eigenvalue weighted by molar-refractivity contribution is 5.77. The summed E-state index contributed by atoms with van der Waals surface area (Å²) in [4.78, 5) is 14.4. The molecule has 2 heterocycles. The van der Waals surface area contributed by atoms with E-state index in [0.717, 1.165) is 25.1 Å². The number of ether oxygens (including phenoxy) is 2. The van der Waals surface area contributed by atoms with Crippen molar-refractivity contribution in [3.05, 3.63) is 35.9 Å². The fraction of sp³-hybridized carbons (Fsp3) is 0.611. The van der Waals surface area contributed by atoms with Gasteiger partial charge < -0.3 is 19.9 Å². The molecule has 2 aliphatic heterocycles. The van der Waals surface area contributed by atoms with E-state index < -0.39 is 0 Å². The molecule has 24 heavy (non-hydrogen) atoms. The third kappa shape index (κ3) is 4.77. The highest BCUT2D eigenvalue weighted by atomic mass is 16.5. The molecule has 2 N–H and O–H groups in total. The van der Waals surface area contributed by atoms with Crippen LogP contribution >= 0.6 is 0 Å². The average molecular weight is 334 g/mol. The molecule has 0 saturated carbocycles. The summed E-state index contributed by atoms with van der Waals surface area (Å²) in [6, 6.07) is 10.4. The standard InChI is InChI=1S/C18H26N2O4/c21-7-6-17-10-20-9-15(8-16(20)12-24-17)19-18(22)13-23-11-14-4-2-1-3-5-14/h1-5,15-17,21H,6-13H2,(H,19,22)/t15-,16+,17+/m1/s1. The predicted molar refractivity (Wildman–Crippen MR) is 89.4 cm³/mol. The Bertz CT molecular complexity index is 525. The lowest BCUT2D eigenvalue weighted by atomic mass is 10.1. The maximum atomic E-state index is 12.0. The van der Waals surface area contributed by atoms with Crippen molar-refractivity contribution in [2.24, 2.45) is 0 Å². The number of rotatable bonds is 7. The maximum Gasteiger partial charge on any atom is 0.246 e. The van der Waals surface area contributed by atoms with Crippen molar-refractivity contribution in [1.29, 1.82) is 0 Å². The van der Waals surface area contributed by atoms with Crippen LogP contribution in [0.25, 0.3) is 0 Å². The number of aliphatic hydroxyl groups excluding tert-OH is 1. The fourth-order valence-corrected chi connectivity index (χ4v) is 3.47. The Morgan fingerprint density at radius 1 is 1.33 bits per heavy atom. The number of hydrogen-bond donors (Lipinski definition) is 2. The largest absolute Gasteiger partial charge is 0.396 e. The number of nitrogens with zero attached hydrogens (tertiary/aromatic N) is 1. The van der Waals surface area contributed by atoms with Gasteiger partial charge in [0.05, 0.1) is 19.3 Å². The minimum atomic E-state index is -0.0661. The number of nitrogens with one attached hydrogen (secondary N) is 1. The number of amides is 1. The van der Waals surface area contributed by atoms with Crippen LogP contribution in [0.15, 0.2) is 30.3 Å². The molecule has 0 bridgehead atoms. The Labute approximate surface area is 142 Å². The van der Waals surface area contributed by atoms with Gasteiger partial charge in [0.2, 0.25) is 5.91 Å². The fourth-order valence-electron chi connectivity index (χ4n) is 3.47. The summed E-state index contributed by atoms with van der Waals surface area (Å²) < 4.78 is 11.2. The van der Waals surface area contributed by atoms with Gasteiger partial charge in [-0.05, 0) is 18.4 Å². The Kier molecular flexibility index (Phi) is 6.20. The summed E-state index contributed by atoms with van der Waals surface area (Å²) in [6.45, 7) is 3.05. The molecule has 3 atom stereocenters. The molecule has 0 aliphatic carbocycles. The number of carbonyl (C=O) groups excluding carboxylic acids is 1. The van der Waals surface area contributed by atoms with Gasteiger partial charge in [0.15, 0.2) is 0 Å². The van der Waals surface area contributed by atoms with Gasteiger partial charge in [-0.25, -0.2) is 0 Å². The van der Waals surface area contributed by atoms with Crippen LogP contribution < -0.4 is 5.32 Å². The minimum Gasteiger partial charge on any atom is -0.396 e. The van der Waals surface area contributed by atoms with E-state index in [0.29, 0.717) is 25.7 Å². The normalized spacial score (nSPS) is 27.0. The van der Waals surface area contributed by atoms with Crippen molar-refractivity contribution >= 4 is 5.91 Å². The Morgan fingerprint density at radius 2 is 2.17 bits per heavy atom. The lowest BCUT2D eigenvalue weighted by Gasteiger charge is -2.34. The van der Waals surface area contributed by atoms with E-state index in [9.17, 15) is 4.79 Å². The minimum absolute atomic E-state index is 0.0661. The lowest BCUT2D eigenvalue weighted by molar-refractivity contribution is -0.126. The molecule has 2 fully saturated rings. The Balaban J connectivity index is 1.37. The second-order valence-electron chi connectivity index (χ2n) is 6.55. The first-order chi connectivity index (χ1) is 11.7. The monoisotopic (exact) mass is 334 g/mol. The predicted octanol–water partition coefficient (Wildman–Crippen LogP) is 0.544. The highest BCUT2D eigenvalue weighted by Crippen LogP contribution is 2.24. The molecule has 2 aliphatic rings. The third-order valence-corrected chi connectivity index (χ3v) is 4.65. The van der Waals surface area contributed by atoms with Crippen LogP contribution in [0.2, 0.25) is 0 Å². The van der Waals surface area contributed by atoms with Crippen LogP contribution in [-0.4, -0.2) is 67.0 Å². The van der Waals surface area contributed by atoms with Crippen molar-refractivity contribution in [1.82, 2.24) is 10.2 Å². The molecule has 0 aromatic heterocycles. The van der Waals surface area contributed by atoms with E-state index in [1.807, 2.05) is 30.3 Å². The number of benzene rings is 1. The number of hydrogen-bond acceptors (Lipinski definition) is 5. The van der Waals surface area contributed by atoms with E-state index in [1.165, 1.54) is 0 Å². The molecule has 0 radical (unpaired) electrons. The van der Waals surface area contributed by atoms with Gasteiger partial charge in [-0.2, -0.15) is 0 Å². The summed E-state index contributed by atoms with van der Waals surface area (Å²) >= 11 is 0. The first kappa shape index (κ1) is 17.4. The van der Waals surface area contributed by atoms with Crippen LogP contribution in [0.4, 0.5) is 0 Å². The smallest absolute Gasteiger partial charge is 0.246 e. The van der Waals surface area contributed by atoms with E-state index in [2.05, 4.69) is 10.2 Å². The summed E-state index contributed by atoms with van der Waals surface area (Å²) in [5, 5.41) is 12.1. The molecule has 0 unspecified atom stereocenters. The van der Waals surface area contributed by atoms with E-state index >= 15 is 0 Å². The number of morpholine rings is 1. The molecular formula is C18H26N2O4. The molecule has 3 rings (SSSR count). The molecule has 2 saturated heterocycles. The molecule has 6 nitrogen and oxygen atoms in total. The van der Waals surface area contributed by atoms with E-state index in [-0.39, 0.29) is 31.3 Å². The lowest BCUT2D eigenvalue weighted by Crippen LogP contribution is -2.46. The van der Waals surface area contributed by atoms with Crippen LogP contribution in [0.5, 0.6) is 0 Å². The Morgan fingerprint density at radius 3 is 2.96 bits per heavy atom. The first-order valence-corrected chi connectivity index (χ1v) is 8.62. The maximum absolute atomic E-state index is 12.0. The van der Waals surface area contributed by atoms with Crippen LogP contribution in [0, 0.1) is 0 Å². The molecule has 132 valence electrons. The van der Waals surface area contributed by atoms with E-state index in [4.69, 9.17) is 14.6 Å². The number of fused-ring (bicyclic) bond motifs is 1. The zero-order valence-electron chi connectivity index (χ0n) is 13.9. The number of carbonyl (C=O) groups is 1. The molecule has 0 spiro atoms. The van der Waals surface area contributed by atoms with Gasteiger partial charge in [-0.1, -0.05) is 30.3 Å². The molecule has 1 aromatic carbocycles. The van der Waals surface area contributed by atoms with Crippen molar-refractivity contribution in [2.45, 2.75) is 37.6 Å². The SMILES string of the molecule is O=C(COCc1ccccc1)N[C@@H]1C[C@H]2CO[C@@H](CCO)CN2C1. The summed E-state index contributed by atoms with van der Waals surface area (Å²) in [6.07, 6.45) is 1.69. The summed E-state index contributed by atoms with van der Waals surface area (Å²) in [5.74, 6) is -0.0661. The average Bonchev–Trinajstić information content (AvgIpc) is 2.97. The first-order valence-electron chi connectivity index (χ1n) is 8.62. The Hall–Kier alpha value is -1.47.